The first-order valence-electron chi connectivity index (χ1n) is 6.33. The Labute approximate surface area is 109 Å². The molecule has 1 aromatic carbocycles. The third-order valence-corrected chi connectivity index (χ3v) is 3.15. The second-order valence-corrected chi connectivity index (χ2v) is 4.31. The second-order valence-electron chi connectivity index (χ2n) is 4.05. The SMILES string of the molecule is CCOc1ccc(NC(CC)CC)cc1CCl. The zero-order valence-corrected chi connectivity index (χ0v) is 11.7. The van der Waals surface area contributed by atoms with E-state index in [0.717, 1.165) is 29.8 Å². The Morgan fingerprint density at radius 2 is 1.94 bits per heavy atom. The molecular formula is C14H22ClNO. The maximum absolute atomic E-state index is 5.94. The van der Waals surface area contributed by atoms with Crippen molar-refractivity contribution in [2.24, 2.45) is 0 Å². The minimum Gasteiger partial charge on any atom is -0.494 e. The molecule has 0 spiro atoms. The average Bonchev–Trinajstić information content (AvgIpc) is 2.37. The van der Waals surface area contributed by atoms with Crippen LogP contribution in [0.15, 0.2) is 18.2 Å². The van der Waals surface area contributed by atoms with E-state index < -0.39 is 0 Å². The molecule has 0 saturated carbocycles. The Morgan fingerprint density at radius 3 is 2.47 bits per heavy atom. The maximum atomic E-state index is 5.94. The zero-order chi connectivity index (χ0) is 12.7. The molecule has 17 heavy (non-hydrogen) atoms. The lowest BCUT2D eigenvalue weighted by molar-refractivity contribution is 0.337. The van der Waals surface area contributed by atoms with Crippen molar-refractivity contribution in [1.82, 2.24) is 0 Å². The largest absolute Gasteiger partial charge is 0.494 e. The van der Waals surface area contributed by atoms with Crippen molar-refractivity contribution in [1.29, 1.82) is 0 Å². The highest BCUT2D eigenvalue weighted by atomic mass is 35.5. The van der Waals surface area contributed by atoms with Crippen LogP contribution in [0.3, 0.4) is 0 Å². The predicted octanol–water partition coefficient (Wildman–Crippen LogP) is 4.42. The smallest absolute Gasteiger partial charge is 0.123 e. The van der Waals surface area contributed by atoms with Gasteiger partial charge in [-0.05, 0) is 38.0 Å². The van der Waals surface area contributed by atoms with E-state index in [2.05, 4.69) is 31.3 Å². The quantitative estimate of drug-likeness (QED) is 0.728. The summed E-state index contributed by atoms with van der Waals surface area (Å²) in [5.41, 5.74) is 2.17. The molecule has 0 unspecified atom stereocenters. The molecule has 0 amide bonds. The van der Waals surface area contributed by atoms with Crippen LogP contribution in [0.25, 0.3) is 0 Å². The summed E-state index contributed by atoms with van der Waals surface area (Å²) in [5, 5.41) is 3.51. The number of hydrogen-bond acceptors (Lipinski definition) is 2. The number of anilines is 1. The fourth-order valence-corrected chi connectivity index (χ4v) is 2.01. The number of benzene rings is 1. The molecule has 0 bridgehead atoms. The molecular weight excluding hydrogens is 234 g/mol. The minimum atomic E-state index is 0.480. The van der Waals surface area contributed by atoms with Crippen molar-refractivity contribution >= 4 is 17.3 Å². The molecule has 0 fully saturated rings. The van der Waals surface area contributed by atoms with Gasteiger partial charge in [0, 0.05) is 17.3 Å². The molecule has 96 valence electrons. The van der Waals surface area contributed by atoms with Gasteiger partial charge >= 0.3 is 0 Å². The minimum absolute atomic E-state index is 0.480. The molecule has 0 aliphatic carbocycles. The first-order chi connectivity index (χ1) is 8.24. The molecule has 0 radical (unpaired) electrons. The van der Waals surface area contributed by atoms with Crippen LogP contribution in [0, 0.1) is 0 Å². The molecule has 3 heteroatoms. The lowest BCUT2D eigenvalue weighted by atomic mass is 10.1. The van der Waals surface area contributed by atoms with Crippen molar-refractivity contribution in [2.75, 3.05) is 11.9 Å². The molecule has 1 aromatic rings. The highest BCUT2D eigenvalue weighted by Crippen LogP contribution is 2.25. The van der Waals surface area contributed by atoms with Crippen LogP contribution in [0.2, 0.25) is 0 Å². The first-order valence-corrected chi connectivity index (χ1v) is 6.86. The van der Waals surface area contributed by atoms with Gasteiger partial charge in [0.1, 0.15) is 5.75 Å². The van der Waals surface area contributed by atoms with Gasteiger partial charge in [0.15, 0.2) is 0 Å². The van der Waals surface area contributed by atoms with Gasteiger partial charge in [-0.2, -0.15) is 0 Å². The molecule has 1 N–H and O–H groups in total. The summed E-state index contributed by atoms with van der Waals surface area (Å²) in [6.07, 6.45) is 2.25. The number of halogens is 1. The summed E-state index contributed by atoms with van der Waals surface area (Å²) >= 11 is 5.94. The van der Waals surface area contributed by atoms with Gasteiger partial charge in [-0.1, -0.05) is 13.8 Å². The van der Waals surface area contributed by atoms with Crippen LogP contribution in [-0.2, 0) is 5.88 Å². The van der Waals surface area contributed by atoms with E-state index in [4.69, 9.17) is 16.3 Å². The highest BCUT2D eigenvalue weighted by Gasteiger charge is 2.07. The van der Waals surface area contributed by atoms with Gasteiger partial charge in [0.05, 0.1) is 12.5 Å². The van der Waals surface area contributed by atoms with Gasteiger partial charge in [0.2, 0.25) is 0 Å². The van der Waals surface area contributed by atoms with E-state index in [-0.39, 0.29) is 0 Å². The monoisotopic (exact) mass is 255 g/mol. The Hall–Kier alpha value is -0.890. The number of hydrogen-bond donors (Lipinski definition) is 1. The van der Waals surface area contributed by atoms with Gasteiger partial charge in [-0.3, -0.25) is 0 Å². The van der Waals surface area contributed by atoms with Crippen LogP contribution in [-0.4, -0.2) is 12.6 Å². The lowest BCUT2D eigenvalue weighted by Crippen LogP contribution is -2.17. The van der Waals surface area contributed by atoms with Crippen molar-refractivity contribution in [3.63, 3.8) is 0 Å². The molecule has 0 aliphatic rings. The van der Waals surface area contributed by atoms with Crippen LogP contribution >= 0.6 is 11.6 Å². The van der Waals surface area contributed by atoms with E-state index in [0.29, 0.717) is 18.5 Å². The summed E-state index contributed by atoms with van der Waals surface area (Å²) in [5.74, 6) is 1.37. The number of nitrogens with one attached hydrogen (secondary N) is 1. The second kappa shape index (κ2) is 7.44. The van der Waals surface area contributed by atoms with Crippen LogP contribution in [0.1, 0.15) is 39.2 Å². The Bertz CT molecular complexity index is 337. The summed E-state index contributed by atoms with van der Waals surface area (Å²) in [6.45, 7) is 7.04. The lowest BCUT2D eigenvalue weighted by Gasteiger charge is -2.17. The van der Waals surface area contributed by atoms with Gasteiger partial charge in [-0.25, -0.2) is 0 Å². The summed E-state index contributed by atoms with van der Waals surface area (Å²) in [7, 11) is 0. The fourth-order valence-electron chi connectivity index (χ4n) is 1.80. The molecule has 0 aromatic heterocycles. The third kappa shape index (κ3) is 4.12. The normalized spacial score (nSPS) is 10.6. The van der Waals surface area contributed by atoms with Crippen LogP contribution in [0.4, 0.5) is 5.69 Å². The molecule has 0 saturated heterocycles. The summed E-state index contributed by atoms with van der Waals surface area (Å²) < 4.78 is 5.53. The van der Waals surface area contributed by atoms with Crippen molar-refractivity contribution in [3.05, 3.63) is 23.8 Å². The summed E-state index contributed by atoms with van der Waals surface area (Å²) in [4.78, 5) is 0. The van der Waals surface area contributed by atoms with E-state index in [1.165, 1.54) is 0 Å². The fraction of sp³-hybridized carbons (Fsp3) is 0.571. The van der Waals surface area contributed by atoms with Gasteiger partial charge in [0.25, 0.3) is 0 Å². The number of ether oxygens (including phenoxy) is 1. The summed E-state index contributed by atoms with van der Waals surface area (Å²) in [6, 6.07) is 6.65. The van der Waals surface area contributed by atoms with Crippen LogP contribution in [0.5, 0.6) is 5.75 Å². The standard InChI is InChI=1S/C14H22ClNO/c1-4-12(5-2)16-13-7-8-14(17-6-3)11(9-13)10-15/h7-9,12,16H,4-6,10H2,1-3H3. The number of alkyl halides is 1. The third-order valence-electron chi connectivity index (χ3n) is 2.86. The molecule has 1 rings (SSSR count). The zero-order valence-electron chi connectivity index (χ0n) is 10.9. The maximum Gasteiger partial charge on any atom is 0.123 e. The first kappa shape index (κ1) is 14.2. The Balaban J connectivity index is 2.81. The Kier molecular flexibility index (Phi) is 6.20. The highest BCUT2D eigenvalue weighted by molar-refractivity contribution is 6.17. The molecule has 0 atom stereocenters. The van der Waals surface area contributed by atoms with Crippen molar-refractivity contribution in [3.8, 4) is 5.75 Å². The van der Waals surface area contributed by atoms with E-state index in [1.54, 1.807) is 0 Å². The Morgan fingerprint density at radius 1 is 1.24 bits per heavy atom. The predicted molar refractivity (Wildman–Crippen MR) is 75.2 cm³/mol. The molecule has 2 nitrogen and oxygen atoms in total. The molecule has 0 heterocycles. The molecule has 0 aliphatic heterocycles. The van der Waals surface area contributed by atoms with E-state index >= 15 is 0 Å². The topological polar surface area (TPSA) is 21.3 Å². The van der Waals surface area contributed by atoms with Gasteiger partial charge < -0.3 is 10.1 Å². The van der Waals surface area contributed by atoms with Crippen LogP contribution < -0.4 is 10.1 Å². The van der Waals surface area contributed by atoms with E-state index in [1.807, 2.05) is 13.0 Å². The van der Waals surface area contributed by atoms with Crippen molar-refractivity contribution in [2.45, 2.75) is 45.5 Å². The van der Waals surface area contributed by atoms with Crippen molar-refractivity contribution < 1.29 is 4.74 Å². The van der Waals surface area contributed by atoms with E-state index in [9.17, 15) is 0 Å². The average molecular weight is 256 g/mol. The number of rotatable bonds is 7. The van der Waals surface area contributed by atoms with Gasteiger partial charge in [-0.15, -0.1) is 11.6 Å².